The summed E-state index contributed by atoms with van der Waals surface area (Å²) >= 11 is 0. The number of amides is 1. The molecule has 9 heteroatoms. The zero-order valence-corrected chi connectivity index (χ0v) is 8.36. The van der Waals surface area contributed by atoms with Crippen molar-refractivity contribution in [3.63, 3.8) is 0 Å². The van der Waals surface area contributed by atoms with E-state index in [4.69, 9.17) is 0 Å². The topological polar surface area (TPSA) is 38.3 Å². The zero-order chi connectivity index (χ0) is 13.3. The van der Waals surface area contributed by atoms with E-state index in [0.29, 0.717) is 0 Å². The van der Waals surface area contributed by atoms with Gasteiger partial charge in [0.05, 0.1) is 0 Å². The van der Waals surface area contributed by atoms with Gasteiger partial charge in [-0.25, -0.2) is 0 Å². The van der Waals surface area contributed by atoms with E-state index in [9.17, 15) is 31.1 Å². The number of hydrogen-bond acceptors (Lipinski definition) is 2. The highest BCUT2D eigenvalue weighted by atomic mass is 19.4. The van der Waals surface area contributed by atoms with E-state index >= 15 is 0 Å². The first-order valence-corrected chi connectivity index (χ1v) is 4.69. The lowest BCUT2D eigenvalue weighted by molar-refractivity contribution is -0.333. The normalized spacial score (nSPS) is 22.8. The van der Waals surface area contributed by atoms with Gasteiger partial charge in [-0.3, -0.25) is 4.79 Å². The molecule has 1 N–H and O–H groups in total. The summed E-state index contributed by atoms with van der Waals surface area (Å²) in [7, 11) is 0. The molecule has 0 bridgehead atoms. The van der Waals surface area contributed by atoms with Gasteiger partial charge in [-0.05, 0) is 12.8 Å². The first-order chi connectivity index (χ1) is 7.60. The van der Waals surface area contributed by atoms with Crippen molar-refractivity contribution in [2.24, 2.45) is 0 Å². The second kappa shape index (κ2) is 4.71. The number of halogens is 6. The minimum absolute atomic E-state index is 0.0720. The van der Waals surface area contributed by atoms with Crippen molar-refractivity contribution >= 4 is 5.91 Å². The maximum Gasteiger partial charge on any atom is 0.423 e. The van der Waals surface area contributed by atoms with Gasteiger partial charge in [0.25, 0.3) is 6.10 Å². The third-order valence-electron chi connectivity index (χ3n) is 2.09. The Balaban J connectivity index is 2.70. The van der Waals surface area contributed by atoms with Gasteiger partial charge in [-0.2, -0.15) is 26.3 Å². The second-order valence-electron chi connectivity index (χ2n) is 3.55. The fourth-order valence-electron chi connectivity index (χ4n) is 1.38. The van der Waals surface area contributed by atoms with Gasteiger partial charge in [0.2, 0.25) is 5.91 Å². The number of nitrogens with one attached hydrogen (secondary N) is 1. The molecule has 0 saturated carbocycles. The van der Waals surface area contributed by atoms with Crippen LogP contribution in [0.4, 0.5) is 26.3 Å². The molecule has 1 fully saturated rings. The van der Waals surface area contributed by atoms with Crippen LogP contribution >= 0.6 is 0 Å². The number of hydrogen-bond donors (Lipinski definition) is 1. The summed E-state index contributed by atoms with van der Waals surface area (Å²) < 4.78 is 76.6. The molecule has 1 aliphatic rings. The Labute approximate surface area is 92.1 Å². The van der Waals surface area contributed by atoms with Crippen LogP contribution in [-0.4, -0.2) is 30.6 Å². The van der Waals surface area contributed by atoms with Crippen molar-refractivity contribution in [3.05, 3.63) is 0 Å². The average Bonchev–Trinajstić information content (AvgIpc) is 2.10. The quantitative estimate of drug-likeness (QED) is 0.777. The standard InChI is InChI=1S/C8H9F6NO2/c9-7(10,11)6(8(12,13)14)17-5-3-1-2-4(16)15-5/h5-6H,1-3H2,(H,15,16). The molecular weight excluding hydrogens is 256 g/mol. The molecule has 0 aromatic heterocycles. The van der Waals surface area contributed by atoms with E-state index < -0.39 is 30.6 Å². The van der Waals surface area contributed by atoms with Crippen molar-refractivity contribution in [2.75, 3.05) is 0 Å². The van der Waals surface area contributed by atoms with Crippen molar-refractivity contribution in [3.8, 4) is 0 Å². The molecular formula is C8H9F6NO2. The molecule has 1 amide bonds. The van der Waals surface area contributed by atoms with Gasteiger partial charge in [0.1, 0.15) is 6.23 Å². The van der Waals surface area contributed by atoms with E-state index in [-0.39, 0.29) is 19.3 Å². The van der Waals surface area contributed by atoms with Gasteiger partial charge < -0.3 is 10.1 Å². The van der Waals surface area contributed by atoms with Gasteiger partial charge in [-0.15, -0.1) is 0 Å². The molecule has 0 aliphatic carbocycles. The third-order valence-corrected chi connectivity index (χ3v) is 2.09. The number of carbonyl (C=O) groups excluding carboxylic acids is 1. The van der Waals surface area contributed by atoms with Gasteiger partial charge in [-0.1, -0.05) is 0 Å². The lowest BCUT2D eigenvalue weighted by atomic mass is 10.1. The van der Waals surface area contributed by atoms with E-state index in [1.54, 1.807) is 0 Å². The van der Waals surface area contributed by atoms with Crippen molar-refractivity contribution in [1.29, 1.82) is 0 Å². The van der Waals surface area contributed by atoms with E-state index in [1.165, 1.54) is 0 Å². The highest BCUT2D eigenvalue weighted by Crippen LogP contribution is 2.36. The van der Waals surface area contributed by atoms with Crippen molar-refractivity contribution < 1.29 is 35.9 Å². The largest absolute Gasteiger partial charge is 0.423 e. The highest BCUT2D eigenvalue weighted by molar-refractivity contribution is 5.76. The molecule has 1 saturated heterocycles. The summed E-state index contributed by atoms with van der Waals surface area (Å²) in [6.45, 7) is 0. The van der Waals surface area contributed by atoms with E-state index in [1.807, 2.05) is 5.32 Å². The van der Waals surface area contributed by atoms with Crippen molar-refractivity contribution in [2.45, 2.75) is 43.9 Å². The van der Waals surface area contributed by atoms with E-state index in [2.05, 4.69) is 4.74 Å². The summed E-state index contributed by atoms with van der Waals surface area (Å²) in [6, 6.07) is 0. The SMILES string of the molecule is O=C1CCCC(OC(C(F)(F)F)C(F)(F)F)N1. The molecule has 1 aliphatic heterocycles. The predicted octanol–water partition coefficient (Wildman–Crippen LogP) is 2.12. The lowest BCUT2D eigenvalue weighted by Crippen LogP contribution is -2.51. The molecule has 0 radical (unpaired) electrons. The number of ether oxygens (including phenoxy) is 1. The zero-order valence-electron chi connectivity index (χ0n) is 8.36. The molecule has 1 unspecified atom stereocenters. The Morgan fingerprint density at radius 3 is 2.12 bits per heavy atom. The van der Waals surface area contributed by atoms with Gasteiger partial charge in [0, 0.05) is 6.42 Å². The van der Waals surface area contributed by atoms with Gasteiger partial charge in [0.15, 0.2) is 0 Å². The number of alkyl halides is 6. The van der Waals surface area contributed by atoms with Crippen LogP contribution in [0.25, 0.3) is 0 Å². The van der Waals surface area contributed by atoms with Crippen LogP contribution in [-0.2, 0) is 9.53 Å². The van der Waals surface area contributed by atoms with Crippen molar-refractivity contribution in [1.82, 2.24) is 5.32 Å². The van der Waals surface area contributed by atoms with Gasteiger partial charge >= 0.3 is 12.4 Å². The van der Waals surface area contributed by atoms with Crippen LogP contribution in [0.2, 0.25) is 0 Å². The third kappa shape index (κ3) is 4.06. The number of carbonyl (C=O) groups is 1. The Hall–Kier alpha value is -0.990. The van der Waals surface area contributed by atoms with Crippen LogP contribution in [0.1, 0.15) is 19.3 Å². The Morgan fingerprint density at radius 1 is 1.18 bits per heavy atom. The fraction of sp³-hybridized carbons (Fsp3) is 0.875. The van der Waals surface area contributed by atoms with Crippen LogP contribution in [0.5, 0.6) is 0 Å². The first kappa shape index (κ1) is 14.1. The Morgan fingerprint density at radius 2 is 1.71 bits per heavy atom. The first-order valence-electron chi connectivity index (χ1n) is 4.69. The van der Waals surface area contributed by atoms with Crippen LogP contribution in [0, 0.1) is 0 Å². The second-order valence-corrected chi connectivity index (χ2v) is 3.55. The molecule has 0 spiro atoms. The summed E-state index contributed by atoms with van der Waals surface area (Å²) in [5.41, 5.74) is 0. The van der Waals surface area contributed by atoms with Crippen LogP contribution in [0.15, 0.2) is 0 Å². The summed E-state index contributed by atoms with van der Waals surface area (Å²) in [5, 5.41) is 1.93. The number of piperidine rings is 1. The summed E-state index contributed by atoms with van der Waals surface area (Å²) in [5.74, 6) is -0.621. The smallest absolute Gasteiger partial charge is 0.337 e. The highest BCUT2D eigenvalue weighted by Gasteiger charge is 2.58. The Bertz CT molecular complexity index is 273. The molecule has 3 nitrogen and oxygen atoms in total. The maximum absolute atomic E-state index is 12.1. The molecule has 1 atom stereocenters. The monoisotopic (exact) mass is 265 g/mol. The fourth-order valence-corrected chi connectivity index (χ4v) is 1.38. The van der Waals surface area contributed by atoms with E-state index in [0.717, 1.165) is 0 Å². The molecule has 100 valence electrons. The minimum atomic E-state index is -5.56. The maximum atomic E-state index is 12.1. The predicted molar refractivity (Wildman–Crippen MR) is 42.8 cm³/mol. The lowest BCUT2D eigenvalue weighted by Gasteiger charge is -2.30. The molecule has 1 heterocycles. The summed E-state index contributed by atoms with van der Waals surface area (Å²) in [6.07, 6.45) is -16.3. The molecule has 0 aromatic carbocycles. The van der Waals surface area contributed by atoms with Crippen LogP contribution in [0.3, 0.4) is 0 Å². The molecule has 1 rings (SSSR count). The molecule has 0 aromatic rings. The minimum Gasteiger partial charge on any atom is -0.337 e. The Kier molecular flexibility index (Phi) is 3.90. The number of rotatable bonds is 2. The summed E-state index contributed by atoms with van der Waals surface area (Å²) in [4.78, 5) is 10.8. The van der Waals surface area contributed by atoms with Crippen LogP contribution < -0.4 is 5.32 Å². The molecule has 17 heavy (non-hydrogen) atoms. The average molecular weight is 265 g/mol.